The molecule has 6 nitrogen and oxygen atoms in total. The molecule has 8 heteroatoms. The van der Waals surface area contributed by atoms with Crippen LogP contribution in [0, 0.1) is 0 Å². The maximum atomic E-state index is 12.6. The third kappa shape index (κ3) is 2.07. The standard InChI is InChI=1S/C17H12O6S2/c18-16-10-5-1-3-7-12(10)24(20,21)14(16)9-15-17(19)11-6-2-4-8-13(11)25(15,22)23/h1-8,14-15H,9H2. The minimum absolute atomic E-state index is 0.0489. The third-order valence-corrected chi connectivity index (χ3v) is 8.93. The molecule has 0 saturated carbocycles. The Hall–Kier alpha value is -2.32. The summed E-state index contributed by atoms with van der Waals surface area (Å²) in [5.41, 5.74) is 0.0979. The number of hydrogen-bond acceptors (Lipinski definition) is 6. The number of sulfone groups is 2. The highest BCUT2D eigenvalue weighted by Crippen LogP contribution is 2.39. The molecule has 0 N–H and O–H groups in total. The summed E-state index contributed by atoms with van der Waals surface area (Å²) < 4.78 is 50.6. The van der Waals surface area contributed by atoms with Crippen LogP contribution in [0.15, 0.2) is 58.3 Å². The first-order valence-corrected chi connectivity index (χ1v) is 10.6. The van der Waals surface area contributed by atoms with Crippen molar-refractivity contribution < 1.29 is 26.4 Å². The van der Waals surface area contributed by atoms with Gasteiger partial charge >= 0.3 is 0 Å². The summed E-state index contributed by atoms with van der Waals surface area (Å²) in [5.74, 6) is -1.32. The molecule has 0 fully saturated rings. The minimum Gasteiger partial charge on any atom is -0.293 e. The fourth-order valence-electron chi connectivity index (χ4n) is 3.43. The Bertz CT molecular complexity index is 1050. The minimum atomic E-state index is -4.01. The zero-order valence-electron chi connectivity index (χ0n) is 12.7. The summed E-state index contributed by atoms with van der Waals surface area (Å²) in [6.07, 6.45) is -0.564. The molecule has 25 heavy (non-hydrogen) atoms. The van der Waals surface area contributed by atoms with E-state index in [1.54, 1.807) is 12.1 Å². The van der Waals surface area contributed by atoms with Crippen molar-refractivity contribution in [3.05, 3.63) is 59.7 Å². The highest BCUT2D eigenvalue weighted by Gasteiger charge is 2.51. The van der Waals surface area contributed by atoms with E-state index in [0.29, 0.717) is 0 Å². The Morgan fingerprint density at radius 3 is 1.36 bits per heavy atom. The molecular formula is C17H12O6S2. The predicted molar refractivity (Wildman–Crippen MR) is 88.1 cm³/mol. The number of Topliss-reactive ketones (excluding diaryl/α,β-unsaturated/α-hetero) is 2. The van der Waals surface area contributed by atoms with E-state index >= 15 is 0 Å². The summed E-state index contributed by atoms with van der Waals surface area (Å²) in [6, 6.07) is 11.5. The van der Waals surface area contributed by atoms with Gasteiger partial charge < -0.3 is 0 Å². The van der Waals surface area contributed by atoms with Gasteiger partial charge in [-0.3, -0.25) is 9.59 Å². The Balaban J connectivity index is 1.78. The van der Waals surface area contributed by atoms with Crippen LogP contribution < -0.4 is 0 Å². The second-order valence-electron chi connectivity index (χ2n) is 6.02. The Labute approximate surface area is 144 Å². The molecule has 0 aromatic heterocycles. The summed E-state index contributed by atoms with van der Waals surface area (Å²) in [6.45, 7) is 0. The van der Waals surface area contributed by atoms with Crippen molar-refractivity contribution in [3.63, 3.8) is 0 Å². The Kier molecular flexibility index (Phi) is 3.29. The van der Waals surface area contributed by atoms with Crippen molar-refractivity contribution in [1.29, 1.82) is 0 Å². The van der Waals surface area contributed by atoms with Crippen LogP contribution in [0.1, 0.15) is 27.1 Å². The molecule has 2 heterocycles. The van der Waals surface area contributed by atoms with E-state index in [1.807, 2.05) is 0 Å². The van der Waals surface area contributed by atoms with E-state index in [4.69, 9.17) is 0 Å². The number of ketones is 2. The van der Waals surface area contributed by atoms with E-state index in [-0.39, 0.29) is 20.9 Å². The first kappa shape index (κ1) is 16.2. The molecule has 2 aliphatic heterocycles. The van der Waals surface area contributed by atoms with Crippen molar-refractivity contribution in [2.75, 3.05) is 0 Å². The van der Waals surface area contributed by atoms with Crippen LogP contribution in [0.25, 0.3) is 0 Å². The number of fused-ring (bicyclic) bond motifs is 2. The van der Waals surface area contributed by atoms with Crippen LogP contribution >= 0.6 is 0 Å². The molecule has 0 saturated heterocycles. The SMILES string of the molecule is O=C1c2ccccc2S(=O)(=O)C1CC1C(=O)c2ccccc2S1(=O)=O. The van der Waals surface area contributed by atoms with Crippen LogP contribution in [0.3, 0.4) is 0 Å². The largest absolute Gasteiger partial charge is 0.293 e. The van der Waals surface area contributed by atoms with Gasteiger partial charge in [-0.2, -0.15) is 0 Å². The average molecular weight is 376 g/mol. The second kappa shape index (κ2) is 5.09. The van der Waals surface area contributed by atoms with Crippen LogP contribution in [-0.4, -0.2) is 38.9 Å². The maximum Gasteiger partial charge on any atom is 0.189 e. The summed E-state index contributed by atoms with van der Waals surface area (Å²) in [4.78, 5) is 24.8. The molecule has 128 valence electrons. The van der Waals surface area contributed by atoms with E-state index in [2.05, 4.69) is 0 Å². The van der Waals surface area contributed by atoms with Gasteiger partial charge in [-0.05, 0) is 18.6 Å². The second-order valence-corrected chi connectivity index (χ2v) is 10.2. The lowest BCUT2D eigenvalue weighted by atomic mass is 10.0. The molecule has 2 aromatic rings. The molecule has 2 atom stereocenters. The van der Waals surface area contributed by atoms with Crippen molar-refractivity contribution in [2.24, 2.45) is 0 Å². The van der Waals surface area contributed by atoms with Crippen molar-refractivity contribution in [1.82, 2.24) is 0 Å². The van der Waals surface area contributed by atoms with Gasteiger partial charge in [0.25, 0.3) is 0 Å². The molecule has 4 rings (SSSR count). The zero-order chi connectivity index (χ0) is 18.0. The Morgan fingerprint density at radius 1 is 0.640 bits per heavy atom. The highest BCUT2D eigenvalue weighted by molar-refractivity contribution is 7.94. The number of rotatable bonds is 2. The predicted octanol–water partition coefficient (Wildman–Crippen LogP) is 1.45. The normalized spacial score (nSPS) is 25.6. The maximum absolute atomic E-state index is 12.6. The monoisotopic (exact) mass is 376 g/mol. The quantitative estimate of drug-likeness (QED) is 0.786. The smallest absolute Gasteiger partial charge is 0.189 e. The lowest BCUT2D eigenvalue weighted by Crippen LogP contribution is -2.33. The Morgan fingerprint density at radius 2 is 1.00 bits per heavy atom. The first-order valence-electron chi connectivity index (χ1n) is 7.50. The third-order valence-electron chi connectivity index (χ3n) is 4.68. The molecule has 2 aliphatic rings. The van der Waals surface area contributed by atoms with E-state index in [1.165, 1.54) is 36.4 Å². The highest BCUT2D eigenvalue weighted by atomic mass is 32.2. The van der Waals surface area contributed by atoms with Gasteiger partial charge in [-0.15, -0.1) is 0 Å². The molecule has 2 unspecified atom stereocenters. The molecular weight excluding hydrogens is 364 g/mol. The fourth-order valence-corrected chi connectivity index (χ4v) is 7.36. The van der Waals surface area contributed by atoms with Crippen LogP contribution in [-0.2, 0) is 19.7 Å². The lowest BCUT2D eigenvalue weighted by molar-refractivity contribution is 0.0968. The number of hydrogen-bond donors (Lipinski definition) is 0. The van der Waals surface area contributed by atoms with Gasteiger partial charge in [0.15, 0.2) is 31.2 Å². The molecule has 0 amide bonds. The summed E-state index contributed by atoms with van der Waals surface area (Å²) >= 11 is 0. The molecule has 0 aliphatic carbocycles. The topological polar surface area (TPSA) is 102 Å². The number of benzene rings is 2. The van der Waals surface area contributed by atoms with E-state index < -0.39 is 48.2 Å². The van der Waals surface area contributed by atoms with Crippen LogP contribution in [0.2, 0.25) is 0 Å². The molecule has 0 radical (unpaired) electrons. The van der Waals surface area contributed by atoms with Gasteiger partial charge in [-0.1, -0.05) is 36.4 Å². The molecule has 0 bridgehead atoms. The van der Waals surface area contributed by atoms with Gasteiger partial charge in [0.2, 0.25) is 0 Å². The first-order chi connectivity index (χ1) is 11.8. The van der Waals surface area contributed by atoms with Crippen LogP contribution in [0.4, 0.5) is 0 Å². The fraction of sp³-hybridized carbons (Fsp3) is 0.176. The van der Waals surface area contributed by atoms with Crippen LogP contribution in [0.5, 0.6) is 0 Å². The van der Waals surface area contributed by atoms with Gasteiger partial charge in [0.1, 0.15) is 10.5 Å². The molecule has 0 spiro atoms. The van der Waals surface area contributed by atoms with Gasteiger partial charge in [0, 0.05) is 11.1 Å². The van der Waals surface area contributed by atoms with E-state index in [0.717, 1.165) is 0 Å². The summed E-state index contributed by atoms with van der Waals surface area (Å²) in [5, 5.41) is -3.11. The number of carbonyl (C=O) groups excluding carboxylic acids is 2. The average Bonchev–Trinajstić information content (AvgIpc) is 2.90. The lowest BCUT2D eigenvalue weighted by Gasteiger charge is -2.13. The molecule has 2 aromatic carbocycles. The number of carbonyl (C=O) groups is 2. The summed E-state index contributed by atoms with van der Waals surface area (Å²) in [7, 11) is -8.02. The van der Waals surface area contributed by atoms with Crippen molar-refractivity contribution >= 4 is 31.2 Å². The van der Waals surface area contributed by atoms with Gasteiger partial charge in [0.05, 0.1) is 9.79 Å². The van der Waals surface area contributed by atoms with Crippen molar-refractivity contribution in [3.8, 4) is 0 Å². The zero-order valence-corrected chi connectivity index (χ0v) is 14.4. The van der Waals surface area contributed by atoms with Gasteiger partial charge in [-0.25, -0.2) is 16.8 Å². The van der Waals surface area contributed by atoms with E-state index in [9.17, 15) is 26.4 Å². The van der Waals surface area contributed by atoms with Crippen molar-refractivity contribution in [2.45, 2.75) is 26.7 Å².